The third-order valence-corrected chi connectivity index (χ3v) is 7.02. The van der Waals surface area contributed by atoms with Crippen molar-refractivity contribution in [1.29, 1.82) is 0 Å². The molecule has 186 valence electrons. The van der Waals surface area contributed by atoms with Crippen LogP contribution < -0.4 is 4.74 Å². The third-order valence-electron chi connectivity index (χ3n) is 5.93. The Kier molecular flexibility index (Phi) is 11.8. The van der Waals surface area contributed by atoms with Gasteiger partial charge < -0.3 is 9.47 Å². The molecule has 3 rings (SSSR count). The minimum Gasteiger partial charge on any atom is -0.494 e. The van der Waals surface area contributed by atoms with Gasteiger partial charge in [0.2, 0.25) is 0 Å². The Bertz CT molecular complexity index is 984. The van der Waals surface area contributed by atoms with Gasteiger partial charge in [-0.25, -0.2) is 0 Å². The molecule has 3 aromatic rings. The lowest BCUT2D eigenvalue weighted by atomic mass is 10.1. The summed E-state index contributed by atoms with van der Waals surface area (Å²) in [4.78, 5) is 13.4. The molecule has 0 saturated heterocycles. The third kappa shape index (κ3) is 9.81. The highest BCUT2D eigenvalue weighted by Gasteiger charge is 2.16. The first kappa shape index (κ1) is 26.9. The van der Waals surface area contributed by atoms with Crippen LogP contribution in [0.4, 0.5) is 0 Å². The summed E-state index contributed by atoms with van der Waals surface area (Å²) in [7, 11) is 0. The van der Waals surface area contributed by atoms with Gasteiger partial charge in [-0.05, 0) is 54.3 Å². The van der Waals surface area contributed by atoms with Crippen LogP contribution in [0.15, 0.2) is 83.8 Å². The van der Waals surface area contributed by atoms with E-state index in [1.807, 2.05) is 49.4 Å². The maximum absolute atomic E-state index is 12.4. The maximum Gasteiger partial charge on any atom is 0.319 e. The average Bonchev–Trinajstić information content (AvgIpc) is 2.90. The topological polar surface area (TPSA) is 35.5 Å². The van der Waals surface area contributed by atoms with Crippen LogP contribution in [0.3, 0.4) is 0 Å². The zero-order valence-electron chi connectivity index (χ0n) is 21.1. The van der Waals surface area contributed by atoms with E-state index in [-0.39, 0.29) is 11.2 Å². The molecule has 0 bridgehead atoms. The van der Waals surface area contributed by atoms with E-state index in [9.17, 15) is 4.79 Å². The normalized spacial score (nSPS) is 11.7. The van der Waals surface area contributed by atoms with E-state index in [0.29, 0.717) is 6.61 Å². The first-order chi connectivity index (χ1) is 17.2. The number of unbranched alkanes of at least 4 members (excludes halogenated alkanes) is 6. The van der Waals surface area contributed by atoms with Crippen molar-refractivity contribution < 1.29 is 14.3 Å². The van der Waals surface area contributed by atoms with Crippen LogP contribution in [0.1, 0.15) is 64.4 Å². The molecule has 0 spiro atoms. The molecule has 3 nitrogen and oxygen atoms in total. The zero-order valence-corrected chi connectivity index (χ0v) is 21.9. The lowest BCUT2D eigenvalue weighted by Crippen LogP contribution is -2.16. The lowest BCUT2D eigenvalue weighted by Gasteiger charge is -2.12. The SMILES string of the molecule is CCCCCCCCCOc1ccc(-c2ccc(S[C@H](C)C(=O)OCc3ccccc3)cc2)cc1. The Morgan fingerprint density at radius 2 is 1.37 bits per heavy atom. The number of benzene rings is 3. The van der Waals surface area contributed by atoms with Crippen molar-refractivity contribution in [2.24, 2.45) is 0 Å². The van der Waals surface area contributed by atoms with Crippen LogP contribution in [0.5, 0.6) is 5.75 Å². The number of ether oxygens (including phenoxy) is 2. The second-order valence-corrected chi connectivity index (χ2v) is 10.3. The standard InChI is InChI=1S/C31H38O3S/c1-3-4-5-6-7-8-12-23-33-29-19-15-27(16-20-29)28-17-21-30(22-18-28)35-25(2)31(32)34-24-26-13-10-9-11-14-26/h9-11,13-22,25H,3-8,12,23-24H2,1-2H3/t25-/m1/s1. The summed E-state index contributed by atoms with van der Waals surface area (Å²) in [5, 5.41) is -0.266. The molecule has 0 fully saturated rings. The van der Waals surface area contributed by atoms with Gasteiger partial charge >= 0.3 is 5.97 Å². The molecule has 0 saturated carbocycles. The summed E-state index contributed by atoms with van der Waals surface area (Å²) in [6.07, 6.45) is 9.03. The smallest absolute Gasteiger partial charge is 0.319 e. The van der Waals surface area contributed by atoms with E-state index in [2.05, 4.69) is 43.3 Å². The molecule has 0 aromatic heterocycles. The Morgan fingerprint density at radius 3 is 2.03 bits per heavy atom. The van der Waals surface area contributed by atoms with Crippen LogP contribution in [0, 0.1) is 0 Å². The van der Waals surface area contributed by atoms with Crippen molar-refractivity contribution in [2.45, 2.75) is 75.5 Å². The Balaban J connectivity index is 1.39. The molecule has 0 aliphatic carbocycles. The molecule has 1 atom stereocenters. The van der Waals surface area contributed by atoms with E-state index in [4.69, 9.17) is 9.47 Å². The number of thioether (sulfide) groups is 1. The van der Waals surface area contributed by atoms with Gasteiger partial charge in [-0.15, -0.1) is 11.8 Å². The first-order valence-corrected chi connectivity index (χ1v) is 13.7. The molecule has 0 unspecified atom stereocenters. The minimum absolute atomic E-state index is 0.199. The number of carbonyl (C=O) groups is 1. The summed E-state index contributed by atoms with van der Waals surface area (Å²) in [5.74, 6) is 0.727. The molecule has 0 amide bonds. The van der Waals surface area contributed by atoms with Crippen molar-refractivity contribution in [3.05, 3.63) is 84.4 Å². The monoisotopic (exact) mass is 490 g/mol. The largest absolute Gasteiger partial charge is 0.494 e. The van der Waals surface area contributed by atoms with Crippen molar-refractivity contribution in [1.82, 2.24) is 0 Å². The summed E-state index contributed by atoms with van der Waals surface area (Å²) in [6.45, 7) is 5.23. The number of hydrogen-bond acceptors (Lipinski definition) is 4. The molecular formula is C31H38O3S. The molecule has 0 aliphatic heterocycles. The molecule has 0 heterocycles. The number of rotatable bonds is 15. The van der Waals surface area contributed by atoms with Crippen LogP contribution in [-0.2, 0) is 16.1 Å². The predicted octanol–water partition coefficient (Wildman–Crippen LogP) is 8.71. The van der Waals surface area contributed by atoms with Gasteiger partial charge in [-0.1, -0.05) is 100 Å². The highest BCUT2D eigenvalue weighted by atomic mass is 32.2. The highest BCUT2D eigenvalue weighted by molar-refractivity contribution is 8.00. The van der Waals surface area contributed by atoms with Crippen molar-refractivity contribution in [3.63, 3.8) is 0 Å². The van der Waals surface area contributed by atoms with E-state index in [1.165, 1.54) is 50.3 Å². The predicted molar refractivity (Wildman–Crippen MR) is 147 cm³/mol. The second-order valence-electron chi connectivity index (χ2n) is 8.87. The summed E-state index contributed by atoms with van der Waals surface area (Å²) in [5.41, 5.74) is 3.30. The van der Waals surface area contributed by atoms with Crippen molar-refractivity contribution >= 4 is 17.7 Å². The molecule has 3 aromatic carbocycles. The van der Waals surface area contributed by atoms with Crippen LogP contribution in [0.25, 0.3) is 11.1 Å². The number of esters is 1. The maximum atomic E-state index is 12.4. The second kappa shape index (κ2) is 15.3. The van der Waals surface area contributed by atoms with Gasteiger partial charge in [-0.3, -0.25) is 4.79 Å². The van der Waals surface area contributed by atoms with Gasteiger partial charge in [0.1, 0.15) is 17.6 Å². The van der Waals surface area contributed by atoms with E-state index >= 15 is 0 Å². The minimum atomic E-state index is -0.266. The highest BCUT2D eigenvalue weighted by Crippen LogP contribution is 2.28. The number of carbonyl (C=O) groups excluding carboxylic acids is 1. The molecule has 35 heavy (non-hydrogen) atoms. The fourth-order valence-electron chi connectivity index (χ4n) is 3.82. The summed E-state index contributed by atoms with van der Waals surface area (Å²) in [6, 6.07) is 26.4. The van der Waals surface area contributed by atoms with E-state index < -0.39 is 0 Å². The summed E-state index contributed by atoms with van der Waals surface area (Å²) < 4.78 is 11.4. The van der Waals surface area contributed by atoms with Gasteiger partial charge in [0, 0.05) is 4.90 Å². The van der Waals surface area contributed by atoms with Gasteiger partial charge in [0.15, 0.2) is 0 Å². The Hall–Kier alpha value is -2.72. The fraction of sp³-hybridized carbons (Fsp3) is 0.387. The zero-order chi connectivity index (χ0) is 24.7. The van der Waals surface area contributed by atoms with E-state index in [0.717, 1.165) is 40.4 Å². The molecule has 0 N–H and O–H groups in total. The van der Waals surface area contributed by atoms with Gasteiger partial charge in [0.25, 0.3) is 0 Å². The summed E-state index contributed by atoms with van der Waals surface area (Å²) >= 11 is 1.52. The quantitative estimate of drug-likeness (QED) is 0.121. The molecular weight excluding hydrogens is 452 g/mol. The van der Waals surface area contributed by atoms with Crippen molar-refractivity contribution in [3.8, 4) is 16.9 Å². The molecule has 4 heteroatoms. The molecule has 0 radical (unpaired) electrons. The van der Waals surface area contributed by atoms with Crippen molar-refractivity contribution in [2.75, 3.05) is 6.61 Å². The number of hydrogen-bond donors (Lipinski definition) is 0. The fourth-order valence-corrected chi connectivity index (χ4v) is 4.68. The van der Waals surface area contributed by atoms with Crippen LogP contribution in [0.2, 0.25) is 0 Å². The lowest BCUT2D eigenvalue weighted by molar-refractivity contribution is -0.143. The van der Waals surface area contributed by atoms with E-state index in [1.54, 1.807) is 0 Å². The van der Waals surface area contributed by atoms with Gasteiger partial charge in [0.05, 0.1) is 6.61 Å². The van der Waals surface area contributed by atoms with Crippen LogP contribution in [-0.4, -0.2) is 17.8 Å². The first-order valence-electron chi connectivity index (χ1n) is 12.9. The van der Waals surface area contributed by atoms with Crippen LogP contribution >= 0.6 is 11.8 Å². The Morgan fingerprint density at radius 1 is 0.771 bits per heavy atom. The Labute approximate surface area is 215 Å². The van der Waals surface area contributed by atoms with Gasteiger partial charge in [-0.2, -0.15) is 0 Å². The average molecular weight is 491 g/mol. The molecule has 0 aliphatic rings.